The van der Waals surface area contributed by atoms with Gasteiger partial charge in [0.05, 0.1) is 12.2 Å². The summed E-state index contributed by atoms with van der Waals surface area (Å²) < 4.78 is 11.3. The summed E-state index contributed by atoms with van der Waals surface area (Å²) in [5.74, 6) is 0.640. The Morgan fingerprint density at radius 1 is 0.829 bits per heavy atom. The minimum Gasteiger partial charge on any atom is -0.493 e. The number of nitrogens with one attached hydrogen (secondary N) is 3. The van der Waals surface area contributed by atoms with Gasteiger partial charge in [0, 0.05) is 0 Å². The first-order chi connectivity index (χ1) is 16.9. The molecule has 0 spiro atoms. The van der Waals surface area contributed by atoms with Crippen molar-refractivity contribution in [1.29, 1.82) is 0 Å². The average molecular weight is 492 g/mol. The number of carbonyl (C=O) groups is 2. The maximum absolute atomic E-state index is 12.6. The Hall–Kier alpha value is -3.91. The summed E-state index contributed by atoms with van der Waals surface area (Å²) in [6.07, 6.45) is 0.876. The molecule has 3 aromatic carbocycles. The zero-order chi connectivity index (χ0) is 25.0. The Bertz CT molecular complexity index is 1130. The molecule has 3 rings (SSSR count). The number of carbonyl (C=O) groups excluding carboxylic acids is 2. The Kier molecular flexibility index (Phi) is 9.62. The predicted octanol–water partition coefficient (Wildman–Crippen LogP) is 4.49. The van der Waals surface area contributed by atoms with E-state index in [0.29, 0.717) is 29.6 Å². The van der Waals surface area contributed by atoms with Crippen LogP contribution in [0.3, 0.4) is 0 Å². The quantitative estimate of drug-likeness (QED) is 0.302. The SMILES string of the molecule is CC(C)CCOc1ccccc1C(=O)NC(=S)NNC(=O)COc1ccc(-c2ccccc2)cc1. The van der Waals surface area contributed by atoms with Crippen molar-refractivity contribution in [3.05, 3.63) is 84.4 Å². The predicted molar refractivity (Wildman–Crippen MR) is 140 cm³/mol. The van der Waals surface area contributed by atoms with Crippen molar-refractivity contribution in [2.45, 2.75) is 20.3 Å². The van der Waals surface area contributed by atoms with Gasteiger partial charge in [0.1, 0.15) is 11.5 Å². The summed E-state index contributed by atoms with van der Waals surface area (Å²) in [6.45, 7) is 4.50. The molecule has 3 aromatic rings. The maximum Gasteiger partial charge on any atom is 0.276 e. The van der Waals surface area contributed by atoms with Crippen LogP contribution in [0.5, 0.6) is 11.5 Å². The van der Waals surface area contributed by atoms with Gasteiger partial charge in [-0.1, -0.05) is 68.4 Å². The second-order valence-corrected chi connectivity index (χ2v) is 8.57. The summed E-state index contributed by atoms with van der Waals surface area (Å²) in [5.41, 5.74) is 7.42. The Labute approximate surface area is 210 Å². The minimum absolute atomic E-state index is 0.0486. The topological polar surface area (TPSA) is 88.7 Å². The lowest BCUT2D eigenvalue weighted by molar-refractivity contribution is -0.123. The van der Waals surface area contributed by atoms with Crippen molar-refractivity contribution >= 4 is 29.1 Å². The molecule has 0 saturated carbocycles. The first-order valence-corrected chi connectivity index (χ1v) is 11.7. The van der Waals surface area contributed by atoms with Crippen LogP contribution in [0.25, 0.3) is 11.1 Å². The Balaban J connectivity index is 1.42. The number of amides is 2. The van der Waals surface area contributed by atoms with Crippen molar-refractivity contribution in [1.82, 2.24) is 16.2 Å². The molecule has 0 radical (unpaired) electrons. The monoisotopic (exact) mass is 491 g/mol. The average Bonchev–Trinajstić information content (AvgIpc) is 2.87. The van der Waals surface area contributed by atoms with E-state index >= 15 is 0 Å². The minimum atomic E-state index is -0.453. The summed E-state index contributed by atoms with van der Waals surface area (Å²) in [5, 5.41) is 2.48. The van der Waals surface area contributed by atoms with Crippen LogP contribution < -0.4 is 25.6 Å². The zero-order valence-electron chi connectivity index (χ0n) is 19.7. The number of ether oxygens (including phenoxy) is 2. The van der Waals surface area contributed by atoms with Gasteiger partial charge in [-0.2, -0.15) is 0 Å². The lowest BCUT2D eigenvalue weighted by Gasteiger charge is -2.14. The smallest absolute Gasteiger partial charge is 0.276 e. The van der Waals surface area contributed by atoms with Gasteiger partial charge in [0.25, 0.3) is 11.8 Å². The lowest BCUT2D eigenvalue weighted by atomic mass is 10.1. The van der Waals surface area contributed by atoms with Crippen molar-refractivity contribution < 1.29 is 19.1 Å². The van der Waals surface area contributed by atoms with E-state index in [9.17, 15) is 9.59 Å². The molecule has 0 saturated heterocycles. The molecule has 0 aromatic heterocycles. The number of rotatable bonds is 9. The van der Waals surface area contributed by atoms with Gasteiger partial charge in [-0.25, -0.2) is 0 Å². The molecule has 0 atom stereocenters. The number of para-hydroxylation sites is 1. The van der Waals surface area contributed by atoms with Crippen LogP contribution >= 0.6 is 12.2 Å². The van der Waals surface area contributed by atoms with Gasteiger partial charge in [0.15, 0.2) is 11.7 Å². The molecule has 0 unspecified atom stereocenters. The van der Waals surface area contributed by atoms with Gasteiger partial charge < -0.3 is 9.47 Å². The highest BCUT2D eigenvalue weighted by molar-refractivity contribution is 7.80. The second kappa shape index (κ2) is 13.1. The van der Waals surface area contributed by atoms with Crippen LogP contribution in [0.15, 0.2) is 78.9 Å². The van der Waals surface area contributed by atoms with E-state index in [-0.39, 0.29) is 11.7 Å². The van der Waals surface area contributed by atoms with Gasteiger partial charge in [-0.15, -0.1) is 0 Å². The zero-order valence-corrected chi connectivity index (χ0v) is 20.6. The van der Waals surface area contributed by atoms with E-state index in [1.54, 1.807) is 36.4 Å². The fourth-order valence-electron chi connectivity index (χ4n) is 3.07. The van der Waals surface area contributed by atoms with Crippen LogP contribution in [0.1, 0.15) is 30.6 Å². The van der Waals surface area contributed by atoms with E-state index in [4.69, 9.17) is 21.7 Å². The molecule has 0 bridgehead atoms. The highest BCUT2D eigenvalue weighted by Gasteiger charge is 2.14. The van der Waals surface area contributed by atoms with Gasteiger partial charge >= 0.3 is 0 Å². The summed E-state index contributed by atoms with van der Waals surface area (Å²) in [7, 11) is 0. The van der Waals surface area contributed by atoms with Crippen LogP contribution in [0.2, 0.25) is 0 Å². The van der Waals surface area contributed by atoms with Gasteiger partial charge in [0.2, 0.25) is 0 Å². The second-order valence-electron chi connectivity index (χ2n) is 8.16. The summed E-state index contributed by atoms with van der Waals surface area (Å²) in [6, 6.07) is 24.3. The molecular formula is C27H29N3O4S. The van der Waals surface area contributed by atoms with Gasteiger partial charge in [-0.05, 0) is 59.9 Å². The lowest BCUT2D eigenvalue weighted by Crippen LogP contribution is -2.49. The molecule has 3 N–H and O–H groups in total. The largest absolute Gasteiger partial charge is 0.493 e. The molecule has 0 aliphatic heterocycles. The highest BCUT2D eigenvalue weighted by Crippen LogP contribution is 2.22. The van der Waals surface area contributed by atoms with Crippen molar-refractivity contribution in [3.8, 4) is 22.6 Å². The third-order valence-corrected chi connectivity index (χ3v) is 5.16. The normalized spacial score (nSPS) is 10.4. The van der Waals surface area contributed by atoms with E-state index in [1.807, 2.05) is 42.5 Å². The summed E-state index contributed by atoms with van der Waals surface area (Å²) >= 11 is 5.11. The standard InChI is InChI=1S/C27H29N3O4S/c1-19(2)16-17-33-24-11-7-6-10-23(24)26(32)28-27(35)30-29-25(31)18-34-22-14-12-21(13-15-22)20-8-4-3-5-9-20/h3-15,19H,16-18H2,1-2H3,(H,29,31)(H2,28,30,32,35). The molecule has 0 aliphatic carbocycles. The van der Waals surface area contributed by atoms with Gasteiger partial charge in [-0.3, -0.25) is 25.8 Å². The number of hydrogen-bond acceptors (Lipinski definition) is 5. The molecule has 8 heteroatoms. The van der Waals surface area contributed by atoms with Crippen LogP contribution in [-0.4, -0.2) is 30.1 Å². The fraction of sp³-hybridized carbons (Fsp3) is 0.222. The molecular weight excluding hydrogens is 462 g/mol. The van der Waals surface area contributed by atoms with E-state index in [0.717, 1.165) is 17.5 Å². The molecule has 35 heavy (non-hydrogen) atoms. The summed E-state index contributed by atoms with van der Waals surface area (Å²) in [4.78, 5) is 24.7. The van der Waals surface area contributed by atoms with Crippen molar-refractivity contribution in [3.63, 3.8) is 0 Å². The molecule has 0 heterocycles. The fourth-order valence-corrected chi connectivity index (χ4v) is 3.22. The molecule has 7 nitrogen and oxygen atoms in total. The van der Waals surface area contributed by atoms with Crippen molar-refractivity contribution in [2.24, 2.45) is 5.92 Å². The van der Waals surface area contributed by atoms with Crippen molar-refractivity contribution in [2.75, 3.05) is 13.2 Å². The highest BCUT2D eigenvalue weighted by atomic mass is 32.1. The maximum atomic E-state index is 12.6. The van der Waals surface area contributed by atoms with Crippen LogP contribution in [0, 0.1) is 5.92 Å². The number of thiocarbonyl (C=S) groups is 1. The third-order valence-electron chi connectivity index (χ3n) is 4.96. The first kappa shape index (κ1) is 25.7. The number of benzene rings is 3. The molecule has 2 amide bonds. The molecule has 0 aliphatic rings. The van der Waals surface area contributed by atoms with Crippen LogP contribution in [-0.2, 0) is 4.79 Å². The third kappa shape index (κ3) is 8.42. The van der Waals surface area contributed by atoms with E-state index < -0.39 is 11.8 Å². The van der Waals surface area contributed by atoms with E-state index in [1.165, 1.54) is 0 Å². The van der Waals surface area contributed by atoms with E-state index in [2.05, 4.69) is 30.0 Å². The number of hydrogen-bond donors (Lipinski definition) is 3. The molecule has 182 valence electrons. The van der Waals surface area contributed by atoms with Crippen LogP contribution in [0.4, 0.5) is 0 Å². The molecule has 0 fully saturated rings. The first-order valence-electron chi connectivity index (χ1n) is 11.3. The Morgan fingerprint density at radius 3 is 2.20 bits per heavy atom. The number of hydrazine groups is 1. The Morgan fingerprint density at radius 2 is 1.49 bits per heavy atom.